The second-order valence-electron chi connectivity index (χ2n) is 7.92. The van der Waals surface area contributed by atoms with Gasteiger partial charge in [0.2, 0.25) is 11.8 Å². The van der Waals surface area contributed by atoms with Crippen molar-refractivity contribution in [3.8, 4) is 0 Å². The molecule has 0 heterocycles. The fraction of sp³-hybridized carbons (Fsp3) is 0.259. The van der Waals surface area contributed by atoms with Crippen molar-refractivity contribution in [1.29, 1.82) is 0 Å². The van der Waals surface area contributed by atoms with Gasteiger partial charge in [-0.25, -0.2) is 0 Å². The van der Waals surface area contributed by atoms with E-state index in [1.807, 2.05) is 92.7 Å². The summed E-state index contributed by atoms with van der Waals surface area (Å²) in [6, 6.07) is 25.1. The van der Waals surface area contributed by atoms with Crippen LogP contribution in [0.15, 0.2) is 83.3 Å². The summed E-state index contributed by atoms with van der Waals surface area (Å²) in [6.07, 6.45) is 0.709. The Balaban J connectivity index is 1.95. The molecule has 3 aromatic carbocycles. The summed E-state index contributed by atoms with van der Waals surface area (Å²) in [5.74, 6) is -0.202. The number of rotatable bonds is 9. The third-order valence-corrected chi connectivity index (χ3v) is 5.80. The quantitative estimate of drug-likeness (QED) is 0.452. The summed E-state index contributed by atoms with van der Waals surface area (Å²) < 4.78 is 0.943. The van der Waals surface area contributed by atoms with Crippen LogP contribution in [0.1, 0.15) is 29.2 Å². The highest BCUT2D eigenvalue weighted by atomic mass is 79.9. The zero-order chi connectivity index (χ0) is 22.9. The molecule has 32 heavy (non-hydrogen) atoms. The summed E-state index contributed by atoms with van der Waals surface area (Å²) in [6.45, 7) is 4.78. The minimum absolute atomic E-state index is 0.0669. The largest absolute Gasteiger partial charge is 0.355 e. The summed E-state index contributed by atoms with van der Waals surface area (Å²) in [7, 11) is 0. The van der Waals surface area contributed by atoms with Crippen molar-refractivity contribution in [2.45, 2.75) is 39.3 Å². The van der Waals surface area contributed by atoms with Crippen LogP contribution in [-0.4, -0.2) is 29.3 Å². The summed E-state index contributed by atoms with van der Waals surface area (Å²) in [5, 5.41) is 2.93. The average molecular weight is 493 g/mol. The van der Waals surface area contributed by atoms with E-state index in [0.717, 1.165) is 26.7 Å². The van der Waals surface area contributed by atoms with Crippen LogP contribution in [0, 0.1) is 6.92 Å². The number of aryl methyl sites for hydroxylation is 1. The van der Waals surface area contributed by atoms with Gasteiger partial charge in [0.15, 0.2) is 0 Å². The zero-order valence-electron chi connectivity index (χ0n) is 18.6. The van der Waals surface area contributed by atoms with Crippen molar-refractivity contribution in [3.05, 3.63) is 106 Å². The molecule has 0 fully saturated rings. The fourth-order valence-electron chi connectivity index (χ4n) is 3.78. The van der Waals surface area contributed by atoms with Crippen molar-refractivity contribution in [2.24, 2.45) is 0 Å². The number of halogens is 1. The second-order valence-corrected chi connectivity index (χ2v) is 8.83. The molecule has 0 bridgehead atoms. The fourth-order valence-corrected chi connectivity index (χ4v) is 4.22. The third-order valence-electron chi connectivity index (χ3n) is 5.30. The monoisotopic (exact) mass is 492 g/mol. The molecule has 5 heteroatoms. The molecule has 0 aliphatic carbocycles. The predicted molar refractivity (Wildman–Crippen MR) is 132 cm³/mol. The maximum absolute atomic E-state index is 13.6. The van der Waals surface area contributed by atoms with Gasteiger partial charge in [0.1, 0.15) is 6.04 Å². The molecule has 0 saturated carbocycles. The molecule has 1 atom stereocenters. The van der Waals surface area contributed by atoms with Crippen LogP contribution < -0.4 is 5.32 Å². The SMILES string of the molecule is CCNC(=O)[C@H](Cc1ccccc1)N(Cc1cccc(Br)c1)C(=O)Cc1cccc(C)c1. The number of amides is 2. The Hall–Kier alpha value is -2.92. The lowest BCUT2D eigenvalue weighted by atomic mass is 10.0. The molecule has 0 radical (unpaired) electrons. The molecule has 0 saturated heterocycles. The van der Waals surface area contributed by atoms with Crippen molar-refractivity contribution in [1.82, 2.24) is 10.2 Å². The molecule has 0 spiro atoms. The minimum Gasteiger partial charge on any atom is -0.355 e. The molecule has 0 aromatic heterocycles. The lowest BCUT2D eigenvalue weighted by Gasteiger charge is -2.31. The summed E-state index contributed by atoms with van der Waals surface area (Å²) in [5.41, 5.74) is 4.05. The molecular formula is C27H29BrN2O2. The molecule has 1 N–H and O–H groups in total. The molecule has 3 rings (SSSR count). The molecule has 0 aliphatic rings. The average Bonchev–Trinajstić information content (AvgIpc) is 2.77. The Labute approximate surface area is 198 Å². The van der Waals surface area contributed by atoms with Crippen LogP contribution in [0.4, 0.5) is 0 Å². The van der Waals surface area contributed by atoms with Gasteiger partial charge in [-0.05, 0) is 42.7 Å². The highest BCUT2D eigenvalue weighted by Crippen LogP contribution is 2.19. The van der Waals surface area contributed by atoms with Gasteiger partial charge in [0, 0.05) is 24.0 Å². The van der Waals surface area contributed by atoms with E-state index < -0.39 is 6.04 Å². The van der Waals surface area contributed by atoms with Crippen molar-refractivity contribution >= 4 is 27.7 Å². The van der Waals surface area contributed by atoms with E-state index in [-0.39, 0.29) is 18.2 Å². The van der Waals surface area contributed by atoms with Crippen LogP contribution in [-0.2, 0) is 29.0 Å². The standard InChI is InChI=1S/C27H29BrN2O2/c1-3-29-27(32)25(17-21-10-5-4-6-11-21)30(19-23-13-8-14-24(28)16-23)26(31)18-22-12-7-9-20(2)15-22/h4-16,25H,3,17-19H2,1-2H3,(H,29,32)/t25-/m0/s1. The second kappa shape index (κ2) is 11.6. The van der Waals surface area contributed by atoms with Gasteiger partial charge in [-0.2, -0.15) is 0 Å². The predicted octanol–water partition coefficient (Wildman–Crippen LogP) is 5.08. The minimum atomic E-state index is -0.603. The highest BCUT2D eigenvalue weighted by molar-refractivity contribution is 9.10. The van der Waals surface area contributed by atoms with Gasteiger partial charge in [-0.1, -0.05) is 88.2 Å². The van der Waals surface area contributed by atoms with E-state index >= 15 is 0 Å². The lowest BCUT2D eigenvalue weighted by Crippen LogP contribution is -2.50. The maximum Gasteiger partial charge on any atom is 0.243 e. The highest BCUT2D eigenvalue weighted by Gasteiger charge is 2.30. The molecule has 0 unspecified atom stereocenters. The number of hydrogen-bond donors (Lipinski definition) is 1. The Kier molecular flexibility index (Phi) is 8.63. The normalized spacial score (nSPS) is 11.6. The van der Waals surface area contributed by atoms with Gasteiger partial charge in [-0.3, -0.25) is 9.59 Å². The Bertz CT molecular complexity index is 1050. The summed E-state index contributed by atoms with van der Waals surface area (Å²) >= 11 is 3.51. The number of nitrogens with zero attached hydrogens (tertiary/aromatic N) is 1. The number of hydrogen-bond acceptors (Lipinski definition) is 2. The molecular weight excluding hydrogens is 464 g/mol. The number of carbonyl (C=O) groups is 2. The molecule has 166 valence electrons. The van der Waals surface area contributed by atoms with Gasteiger partial charge in [-0.15, -0.1) is 0 Å². The number of carbonyl (C=O) groups excluding carboxylic acids is 2. The lowest BCUT2D eigenvalue weighted by molar-refractivity contribution is -0.140. The first-order chi connectivity index (χ1) is 15.5. The van der Waals surface area contributed by atoms with Crippen LogP contribution >= 0.6 is 15.9 Å². The van der Waals surface area contributed by atoms with E-state index in [0.29, 0.717) is 19.5 Å². The van der Waals surface area contributed by atoms with Gasteiger partial charge < -0.3 is 10.2 Å². The van der Waals surface area contributed by atoms with Crippen molar-refractivity contribution < 1.29 is 9.59 Å². The number of nitrogens with one attached hydrogen (secondary N) is 1. The maximum atomic E-state index is 13.6. The van der Waals surface area contributed by atoms with Gasteiger partial charge >= 0.3 is 0 Å². The Morgan fingerprint density at radius 1 is 0.906 bits per heavy atom. The van der Waals surface area contributed by atoms with E-state index in [1.54, 1.807) is 4.90 Å². The third kappa shape index (κ3) is 6.79. The van der Waals surface area contributed by atoms with Gasteiger partial charge in [0.25, 0.3) is 0 Å². The van der Waals surface area contributed by atoms with Crippen molar-refractivity contribution in [3.63, 3.8) is 0 Å². The topological polar surface area (TPSA) is 49.4 Å². The first-order valence-electron chi connectivity index (χ1n) is 10.9. The van der Waals surface area contributed by atoms with E-state index in [2.05, 4.69) is 21.2 Å². The number of likely N-dealkylation sites (N-methyl/N-ethyl adjacent to an activating group) is 1. The first-order valence-corrected chi connectivity index (χ1v) is 11.7. The summed E-state index contributed by atoms with van der Waals surface area (Å²) in [4.78, 5) is 28.5. The van der Waals surface area contributed by atoms with Crippen LogP contribution in [0.5, 0.6) is 0 Å². The van der Waals surface area contributed by atoms with Crippen LogP contribution in [0.3, 0.4) is 0 Å². The van der Waals surface area contributed by atoms with E-state index in [9.17, 15) is 9.59 Å². The first kappa shape index (κ1) is 23.7. The zero-order valence-corrected chi connectivity index (χ0v) is 20.1. The Morgan fingerprint density at radius 2 is 1.59 bits per heavy atom. The van der Waals surface area contributed by atoms with Crippen molar-refractivity contribution in [2.75, 3.05) is 6.54 Å². The molecule has 2 amide bonds. The van der Waals surface area contributed by atoms with Crippen LogP contribution in [0.2, 0.25) is 0 Å². The molecule has 4 nitrogen and oxygen atoms in total. The smallest absolute Gasteiger partial charge is 0.243 e. The number of benzene rings is 3. The van der Waals surface area contributed by atoms with Gasteiger partial charge in [0.05, 0.1) is 6.42 Å². The van der Waals surface area contributed by atoms with Crippen LogP contribution in [0.25, 0.3) is 0 Å². The Morgan fingerprint density at radius 3 is 2.28 bits per heavy atom. The van der Waals surface area contributed by atoms with E-state index in [4.69, 9.17) is 0 Å². The molecule has 0 aliphatic heterocycles. The van der Waals surface area contributed by atoms with E-state index in [1.165, 1.54) is 0 Å². The molecule has 3 aromatic rings.